The normalized spacial score (nSPS) is 15.4. The Labute approximate surface area is 99.9 Å². The number of nitrogens with one attached hydrogen (secondary N) is 1. The molecule has 1 aromatic rings. The maximum absolute atomic E-state index is 10.9. The van der Waals surface area contributed by atoms with Gasteiger partial charge in [-0.3, -0.25) is 4.79 Å². The van der Waals surface area contributed by atoms with Crippen LogP contribution in [0, 0.1) is 0 Å². The minimum absolute atomic E-state index is 0.365. The van der Waals surface area contributed by atoms with Crippen molar-refractivity contribution < 1.29 is 14.3 Å². The molecule has 1 amide bonds. The summed E-state index contributed by atoms with van der Waals surface area (Å²) in [6.45, 7) is 3.38. The van der Waals surface area contributed by atoms with Crippen LogP contribution in [0.3, 0.4) is 0 Å². The molecule has 0 radical (unpaired) electrons. The lowest BCUT2D eigenvalue weighted by Crippen LogP contribution is -2.38. The first-order valence-electron chi connectivity index (χ1n) is 5.58. The van der Waals surface area contributed by atoms with E-state index in [1.165, 1.54) is 0 Å². The van der Waals surface area contributed by atoms with Crippen LogP contribution in [-0.4, -0.2) is 25.2 Å². The Hall–Kier alpha value is -1.75. The van der Waals surface area contributed by atoms with Gasteiger partial charge in [-0.1, -0.05) is 12.1 Å². The van der Waals surface area contributed by atoms with Crippen LogP contribution in [0.15, 0.2) is 18.2 Å². The van der Waals surface area contributed by atoms with Crippen LogP contribution in [-0.2, 0) is 11.3 Å². The highest BCUT2D eigenvalue weighted by molar-refractivity contribution is 5.79. The van der Waals surface area contributed by atoms with Crippen LogP contribution >= 0.6 is 0 Å². The number of amides is 1. The van der Waals surface area contributed by atoms with E-state index >= 15 is 0 Å². The minimum atomic E-state index is -0.369. The average molecular weight is 236 g/mol. The molecule has 2 rings (SSSR count). The van der Waals surface area contributed by atoms with Crippen molar-refractivity contribution in [2.45, 2.75) is 19.5 Å². The van der Waals surface area contributed by atoms with Crippen molar-refractivity contribution in [2.24, 2.45) is 5.73 Å². The zero-order valence-corrected chi connectivity index (χ0v) is 9.73. The monoisotopic (exact) mass is 236 g/mol. The molecule has 0 spiro atoms. The largest absolute Gasteiger partial charge is 0.486 e. The molecule has 5 heteroatoms. The van der Waals surface area contributed by atoms with Crippen molar-refractivity contribution in [1.29, 1.82) is 0 Å². The fourth-order valence-electron chi connectivity index (χ4n) is 1.64. The lowest BCUT2D eigenvalue weighted by atomic mass is 10.1. The van der Waals surface area contributed by atoms with E-state index < -0.39 is 0 Å². The van der Waals surface area contributed by atoms with E-state index in [9.17, 15) is 4.79 Å². The smallest absolute Gasteiger partial charge is 0.234 e. The molecule has 1 unspecified atom stereocenters. The summed E-state index contributed by atoms with van der Waals surface area (Å²) < 4.78 is 11.0. The SMILES string of the molecule is CC(NCc1cccc2c1OCCO2)C(N)=O. The van der Waals surface area contributed by atoms with Gasteiger partial charge in [0.15, 0.2) is 11.5 Å². The van der Waals surface area contributed by atoms with Gasteiger partial charge in [0, 0.05) is 12.1 Å². The van der Waals surface area contributed by atoms with Crippen molar-refractivity contribution in [2.75, 3.05) is 13.2 Å². The Morgan fingerprint density at radius 3 is 3.00 bits per heavy atom. The van der Waals surface area contributed by atoms with Gasteiger partial charge in [0.05, 0.1) is 6.04 Å². The molecule has 0 saturated carbocycles. The maximum atomic E-state index is 10.9. The molecule has 5 nitrogen and oxygen atoms in total. The van der Waals surface area contributed by atoms with E-state index in [-0.39, 0.29) is 11.9 Å². The zero-order chi connectivity index (χ0) is 12.3. The second kappa shape index (κ2) is 5.05. The number of carbonyl (C=O) groups is 1. The van der Waals surface area contributed by atoms with Gasteiger partial charge in [0.1, 0.15) is 13.2 Å². The number of carbonyl (C=O) groups excluding carboxylic acids is 1. The summed E-state index contributed by atoms with van der Waals surface area (Å²) in [4.78, 5) is 10.9. The second-order valence-corrected chi connectivity index (χ2v) is 3.95. The Kier molecular flexibility index (Phi) is 3.49. The molecule has 0 aliphatic carbocycles. The number of fused-ring (bicyclic) bond motifs is 1. The van der Waals surface area contributed by atoms with Gasteiger partial charge in [-0.25, -0.2) is 0 Å². The predicted molar refractivity (Wildman–Crippen MR) is 62.9 cm³/mol. The van der Waals surface area contributed by atoms with Crippen LogP contribution < -0.4 is 20.5 Å². The fraction of sp³-hybridized carbons (Fsp3) is 0.417. The van der Waals surface area contributed by atoms with Crippen LogP contribution in [0.4, 0.5) is 0 Å². The number of hydrogen-bond donors (Lipinski definition) is 2. The third-order valence-electron chi connectivity index (χ3n) is 2.67. The number of hydrogen-bond acceptors (Lipinski definition) is 4. The number of primary amides is 1. The third kappa shape index (κ3) is 2.68. The summed E-state index contributed by atoms with van der Waals surface area (Å²) in [5.41, 5.74) is 6.15. The second-order valence-electron chi connectivity index (χ2n) is 3.95. The summed E-state index contributed by atoms with van der Waals surface area (Å²) in [6.07, 6.45) is 0. The first kappa shape index (κ1) is 11.7. The van der Waals surface area contributed by atoms with Gasteiger partial charge in [-0.15, -0.1) is 0 Å². The first-order chi connectivity index (χ1) is 8.18. The van der Waals surface area contributed by atoms with Gasteiger partial charge in [0.2, 0.25) is 5.91 Å². The van der Waals surface area contributed by atoms with Gasteiger partial charge >= 0.3 is 0 Å². The quantitative estimate of drug-likeness (QED) is 0.794. The van der Waals surface area contributed by atoms with Gasteiger partial charge in [0.25, 0.3) is 0 Å². The Morgan fingerprint density at radius 1 is 1.47 bits per heavy atom. The van der Waals surface area contributed by atoms with Crippen molar-refractivity contribution in [3.8, 4) is 11.5 Å². The van der Waals surface area contributed by atoms with Crippen molar-refractivity contribution in [3.05, 3.63) is 23.8 Å². The number of ether oxygens (including phenoxy) is 2. The predicted octanol–water partition coefficient (Wildman–Crippen LogP) is 0.421. The third-order valence-corrected chi connectivity index (χ3v) is 2.67. The van der Waals surface area contributed by atoms with Crippen molar-refractivity contribution in [1.82, 2.24) is 5.32 Å². The lowest BCUT2D eigenvalue weighted by molar-refractivity contribution is -0.119. The van der Waals surface area contributed by atoms with E-state index in [4.69, 9.17) is 15.2 Å². The summed E-state index contributed by atoms with van der Waals surface area (Å²) in [5.74, 6) is 1.14. The number of para-hydroxylation sites is 1. The molecular formula is C12H16N2O3. The topological polar surface area (TPSA) is 73.6 Å². The van der Waals surface area contributed by atoms with Crippen molar-refractivity contribution >= 4 is 5.91 Å². The van der Waals surface area contributed by atoms with E-state index in [0.29, 0.717) is 19.8 Å². The molecule has 1 heterocycles. The molecule has 17 heavy (non-hydrogen) atoms. The highest BCUT2D eigenvalue weighted by Crippen LogP contribution is 2.33. The summed E-state index contributed by atoms with van der Waals surface area (Å²) >= 11 is 0. The number of rotatable bonds is 4. The lowest BCUT2D eigenvalue weighted by Gasteiger charge is -2.21. The van der Waals surface area contributed by atoms with E-state index in [1.54, 1.807) is 6.92 Å². The molecule has 0 bridgehead atoms. The highest BCUT2D eigenvalue weighted by atomic mass is 16.6. The summed E-state index contributed by atoms with van der Waals surface area (Å²) in [6, 6.07) is 5.35. The standard InChI is InChI=1S/C12H16N2O3/c1-8(12(13)15)14-7-9-3-2-4-10-11(9)17-6-5-16-10/h2-4,8,14H,5-7H2,1H3,(H2,13,15). The fourth-order valence-corrected chi connectivity index (χ4v) is 1.64. The van der Waals surface area contributed by atoms with Gasteiger partial charge in [-0.2, -0.15) is 0 Å². The van der Waals surface area contributed by atoms with E-state index in [1.807, 2.05) is 18.2 Å². The van der Waals surface area contributed by atoms with Crippen LogP contribution in [0.2, 0.25) is 0 Å². The van der Waals surface area contributed by atoms with Crippen LogP contribution in [0.25, 0.3) is 0 Å². The molecule has 1 aromatic carbocycles. The van der Waals surface area contributed by atoms with E-state index in [2.05, 4.69) is 5.32 Å². The van der Waals surface area contributed by atoms with Crippen LogP contribution in [0.5, 0.6) is 11.5 Å². The maximum Gasteiger partial charge on any atom is 0.234 e. The molecule has 3 N–H and O–H groups in total. The molecule has 1 atom stereocenters. The average Bonchev–Trinajstić information content (AvgIpc) is 2.35. The minimum Gasteiger partial charge on any atom is -0.486 e. The van der Waals surface area contributed by atoms with E-state index in [0.717, 1.165) is 17.1 Å². The van der Waals surface area contributed by atoms with Gasteiger partial charge in [-0.05, 0) is 13.0 Å². The van der Waals surface area contributed by atoms with Crippen LogP contribution in [0.1, 0.15) is 12.5 Å². The molecule has 92 valence electrons. The first-order valence-corrected chi connectivity index (χ1v) is 5.58. The Morgan fingerprint density at radius 2 is 2.24 bits per heavy atom. The number of benzene rings is 1. The summed E-state index contributed by atoms with van der Waals surface area (Å²) in [5, 5.41) is 3.04. The summed E-state index contributed by atoms with van der Waals surface area (Å²) in [7, 11) is 0. The molecular weight excluding hydrogens is 220 g/mol. The molecule has 0 fully saturated rings. The Bertz CT molecular complexity index is 420. The number of nitrogens with two attached hydrogens (primary N) is 1. The Balaban J connectivity index is 2.08. The molecule has 1 aliphatic rings. The molecule has 1 aliphatic heterocycles. The highest BCUT2D eigenvalue weighted by Gasteiger charge is 2.16. The van der Waals surface area contributed by atoms with Crippen molar-refractivity contribution in [3.63, 3.8) is 0 Å². The van der Waals surface area contributed by atoms with Gasteiger partial charge < -0.3 is 20.5 Å². The zero-order valence-electron chi connectivity index (χ0n) is 9.73. The molecule has 0 saturated heterocycles. The molecule has 0 aromatic heterocycles.